The summed E-state index contributed by atoms with van der Waals surface area (Å²) >= 11 is 0. The smallest absolute Gasteiger partial charge is 0.306 e. The molecule has 0 aliphatic rings. The first-order valence-corrected chi connectivity index (χ1v) is 5.43. The first-order chi connectivity index (χ1) is 6.56. The van der Waals surface area contributed by atoms with Crippen LogP contribution in [0.3, 0.4) is 0 Å². The van der Waals surface area contributed by atoms with Crippen LogP contribution < -0.4 is 0 Å². The van der Waals surface area contributed by atoms with Crippen molar-refractivity contribution < 1.29 is 14.6 Å². The molecule has 0 rings (SSSR count). The number of aliphatic hydroxyl groups excluding tert-OH is 1. The Hall–Kier alpha value is -0.570. The van der Waals surface area contributed by atoms with Crippen LogP contribution in [0.5, 0.6) is 0 Å². The van der Waals surface area contributed by atoms with Gasteiger partial charge in [0, 0.05) is 12.8 Å². The van der Waals surface area contributed by atoms with Gasteiger partial charge in [0.15, 0.2) is 0 Å². The summed E-state index contributed by atoms with van der Waals surface area (Å²) in [6.07, 6.45) is 3.50. The zero-order valence-corrected chi connectivity index (χ0v) is 9.45. The monoisotopic (exact) mass is 202 g/mol. The van der Waals surface area contributed by atoms with Crippen LogP contribution >= 0.6 is 0 Å². The lowest BCUT2D eigenvalue weighted by molar-refractivity contribution is -0.149. The summed E-state index contributed by atoms with van der Waals surface area (Å²) in [5, 5.41) is 9.06. The van der Waals surface area contributed by atoms with E-state index in [1.54, 1.807) is 6.92 Å². The van der Waals surface area contributed by atoms with Gasteiger partial charge in [0.25, 0.3) is 0 Å². The molecule has 0 bridgehead atoms. The normalized spacial score (nSPS) is 14.9. The molecule has 0 saturated heterocycles. The van der Waals surface area contributed by atoms with Crippen molar-refractivity contribution in [2.75, 3.05) is 0 Å². The Bertz CT molecular complexity index is 155. The van der Waals surface area contributed by atoms with Gasteiger partial charge in [-0.15, -0.1) is 0 Å². The van der Waals surface area contributed by atoms with Crippen LogP contribution in [0.15, 0.2) is 0 Å². The van der Waals surface area contributed by atoms with E-state index in [0.29, 0.717) is 12.8 Å². The quantitative estimate of drug-likeness (QED) is 0.509. The number of aliphatic hydroxyl groups is 1. The molecule has 0 aliphatic heterocycles. The molecule has 0 aliphatic carbocycles. The van der Waals surface area contributed by atoms with E-state index in [1.807, 2.05) is 6.92 Å². The molecule has 0 radical (unpaired) electrons. The van der Waals surface area contributed by atoms with Crippen molar-refractivity contribution in [1.29, 1.82) is 0 Å². The predicted molar refractivity (Wildman–Crippen MR) is 56.0 cm³/mol. The zero-order chi connectivity index (χ0) is 11.0. The molecular formula is C11H22O3. The highest BCUT2D eigenvalue weighted by molar-refractivity contribution is 5.69. The number of unbranched alkanes of at least 4 members (excludes halogenated alkanes) is 2. The maximum Gasteiger partial charge on any atom is 0.306 e. The highest BCUT2D eigenvalue weighted by atomic mass is 16.5. The minimum atomic E-state index is -0.409. The molecule has 1 N–H and O–H groups in total. The lowest BCUT2D eigenvalue weighted by Gasteiger charge is -2.14. The Kier molecular flexibility index (Phi) is 7.48. The van der Waals surface area contributed by atoms with E-state index in [2.05, 4.69) is 6.92 Å². The highest BCUT2D eigenvalue weighted by Crippen LogP contribution is 2.06. The van der Waals surface area contributed by atoms with Crippen molar-refractivity contribution in [3.8, 4) is 0 Å². The standard InChI is InChI=1S/C11H22O3/c1-4-5-6-7-11(13)14-10(3)8-9(2)12/h9-10,12H,4-8H2,1-3H3/t9-,10-/m1/s1. The van der Waals surface area contributed by atoms with Gasteiger partial charge < -0.3 is 9.84 Å². The number of esters is 1. The van der Waals surface area contributed by atoms with E-state index in [-0.39, 0.29) is 12.1 Å². The average molecular weight is 202 g/mol. The van der Waals surface area contributed by atoms with E-state index in [4.69, 9.17) is 9.84 Å². The van der Waals surface area contributed by atoms with E-state index in [1.165, 1.54) is 0 Å². The van der Waals surface area contributed by atoms with Crippen molar-refractivity contribution in [2.24, 2.45) is 0 Å². The fraction of sp³-hybridized carbons (Fsp3) is 0.909. The van der Waals surface area contributed by atoms with Gasteiger partial charge in [-0.1, -0.05) is 19.8 Å². The van der Waals surface area contributed by atoms with E-state index in [0.717, 1.165) is 19.3 Å². The highest BCUT2D eigenvalue weighted by Gasteiger charge is 2.11. The summed E-state index contributed by atoms with van der Waals surface area (Å²) in [5.74, 6) is -0.147. The first kappa shape index (κ1) is 13.4. The average Bonchev–Trinajstić information content (AvgIpc) is 2.02. The molecule has 0 aromatic heterocycles. The van der Waals surface area contributed by atoms with Gasteiger partial charge in [0.05, 0.1) is 6.10 Å². The number of ether oxygens (including phenoxy) is 1. The van der Waals surface area contributed by atoms with E-state index >= 15 is 0 Å². The minimum Gasteiger partial charge on any atom is -0.463 e. The van der Waals surface area contributed by atoms with Gasteiger partial charge >= 0.3 is 5.97 Å². The first-order valence-electron chi connectivity index (χ1n) is 5.43. The summed E-state index contributed by atoms with van der Waals surface area (Å²) in [4.78, 5) is 11.2. The summed E-state index contributed by atoms with van der Waals surface area (Å²) in [7, 11) is 0. The fourth-order valence-corrected chi connectivity index (χ4v) is 1.33. The molecule has 0 aromatic carbocycles. The topological polar surface area (TPSA) is 46.5 Å². The van der Waals surface area contributed by atoms with Crippen molar-refractivity contribution in [3.63, 3.8) is 0 Å². The number of carbonyl (C=O) groups is 1. The number of hydrogen-bond acceptors (Lipinski definition) is 3. The molecule has 3 nitrogen and oxygen atoms in total. The summed E-state index contributed by atoms with van der Waals surface area (Å²) in [6, 6.07) is 0. The number of rotatable bonds is 7. The van der Waals surface area contributed by atoms with E-state index in [9.17, 15) is 4.79 Å². The molecule has 84 valence electrons. The third-order valence-corrected chi connectivity index (χ3v) is 1.99. The van der Waals surface area contributed by atoms with Gasteiger partial charge in [-0.25, -0.2) is 0 Å². The van der Waals surface area contributed by atoms with Crippen molar-refractivity contribution in [2.45, 2.75) is 65.1 Å². The Morgan fingerprint density at radius 1 is 1.36 bits per heavy atom. The maximum absolute atomic E-state index is 11.2. The van der Waals surface area contributed by atoms with Gasteiger partial charge in [0.2, 0.25) is 0 Å². The molecule has 0 heterocycles. The van der Waals surface area contributed by atoms with Crippen molar-refractivity contribution in [3.05, 3.63) is 0 Å². The Balaban J connectivity index is 3.50. The number of carbonyl (C=O) groups excluding carboxylic acids is 1. The third-order valence-electron chi connectivity index (χ3n) is 1.99. The molecule has 3 heteroatoms. The second-order valence-electron chi connectivity index (χ2n) is 3.84. The van der Waals surface area contributed by atoms with Crippen molar-refractivity contribution in [1.82, 2.24) is 0 Å². The van der Waals surface area contributed by atoms with Crippen LogP contribution in [-0.4, -0.2) is 23.3 Å². The molecule has 0 spiro atoms. The number of hydrogen-bond donors (Lipinski definition) is 1. The van der Waals surface area contributed by atoms with Gasteiger partial charge in [-0.05, 0) is 20.3 Å². The SMILES string of the molecule is CCCCCC(=O)O[C@H](C)C[C@@H](C)O. The molecule has 0 amide bonds. The molecule has 0 aromatic rings. The molecule has 2 atom stereocenters. The molecule has 0 saturated carbocycles. The summed E-state index contributed by atoms with van der Waals surface area (Å²) in [6.45, 7) is 5.60. The Morgan fingerprint density at radius 3 is 2.50 bits per heavy atom. The zero-order valence-electron chi connectivity index (χ0n) is 9.45. The second kappa shape index (κ2) is 7.80. The summed E-state index contributed by atoms with van der Waals surface area (Å²) < 4.78 is 5.11. The largest absolute Gasteiger partial charge is 0.463 e. The maximum atomic E-state index is 11.2. The molecule has 0 unspecified atom stereocenters. The van der Waals surface area contributed by atoms with Crippen LogP contribution in [-0.2, 0) is 9.53 Å². The minimum absolute atomic E-state index is 0.147. The van der Waals surface area contributed by atoms with Gasteiger partial charge in [-0.3, -0.25) is 4.79 Å². The molecular weight excluding hydrogens is 180 g/mol. The Morgan fingerprint density at radius 2 is 2.00 bits per heavy atom. The lowest BCUT2D eigenvalue weighted by atomic mass is 10.2. The predicted octanol–water partition coefficient (Wildman–Crippen LogP) is 2.27. The molecule has 14 heavy (non-hydrogen) atoms. The van der Waals surface area contributed by atoms with Crippen LogP contribution in [0.25, 0.3) is 0 Å². The third kappa shape index (κ3) is 8.05. The fourth-order valence-electron chi connectivity index (χ4n) is 1.33. The van der Waals surface area contributed by atoms with Crippen LogP contribution in [0.4, 0.5) is 0 Å². The summed E-state index contributed by atoms with van der Waals surface area (Å²) in [5.41, 5.74) is 0. The van der Waals surface area contributed by atoms with Gasteiger partial charge in [0.1, 0.15) is 6.10 Å². The van der Waals surface area contributed by atoms with Crippen LogP contribution in [0.2, 0.25) is 0 Å². The van der Waals surface area contributed by atoms with Crippen LogP contribution in [0, 0.1) is 0 Å². The molecule has 0 fully saturated rings. The van der Waals surface area contributed by atoms with Crippen molar-refractivity contribution >= 4 is 5.97 Å². The van der Waals surface area contributed by atoms with Crippen LogP contribution in [0.1, 0.15) is 52.9 Å². The van der Waals surface area contributed by atoms with E-state index < -0.39 is 6.10 Å². The second-order valence-corrected chi connectivity index (χ2v) is 3.84. The Labute approximate surface area is 86.5 Å². The lowest BCUT2D eigenvalue weighted by Crippen LogP contribution is -2.19. The van der Waals surface area contributed by atoms with Gasteiger partial charge in [-0.2, -0.15) is 0 Å².